The van der Waals surface area contributed by atoms with Crippen molar-refractivity contribution in [2.75, 3.05) is 18.1 Å². The largest absolute Gasteiger partial charge is 0.346 e. The molecule has 1 aliphatic heterocycles. The summed E-state index contributed by atoms with van der Waals surface area (Å²) in [5.74, 6) is -0.375. The zero-order chi connectivity index (χ0) is 27.6. The van der Waals surface area contributed by atoms with Crippen molar-refractivity contribution in [2.24, 2.45) is 5.73 Å². The molecule has 0 fully saturated rings. The molecular weight excluding hydrogens is 535 g/mol. The van der Waals surface area contributed by atoms with Gasteiger partial charge in [-0.1, -0.05) is 60.1 Å². The lowest BCUT2D eigenvalue weighted by Crippen LogP contribution is -2.40. The Bertz CT molecular complexity index is 1540. The maximum absolute atomic E-state index is 12.8. The van der Waals surface area contributed by atoms with E-state index in [1.807, 2.05) is 60.7 Å². The van der Waals surface area contributed by atoms with Crippen molar-refractivity contribution in [3.8, 4) is 0 Å². The van der Waals surface area contributed by atoms with Gasteiger partial charge in [0.1, 0.15) is 5.54 Å². The first kappa shape index (κ1) is 27.3. The van der Waals surface area contributed by atoms with Crippen LogP contribution in [0.3, 0.4) is 0 Å². The molecule has 0 bridgehead atoms. The SMILES string of the molecule is CCOP(=O)(O)CCc1ccccc1C1CC(=O)Nc2ccc(C(N)(c3cccc(Cl)c3)c3cnc[nH]3)cc21. The molecule has 3 atom stereocenters. The Morgan fingerprint density at radius 3 is 2.67 bits per heavy atom. The summed E-state index contributed by atoms with van der Waals surface area (Å²) >= 11 is 6.36. The zero-order valence-electron chi connectivity index (χ0n) is 21.4. The molecule has 1 amide bonds. The Kier molecular flexibility index (Phi) is 7.76. The number of H-pyrrole nitrogens is 1. The number of nitrogens with one attached hydrogen (secondary N) is 2. The summed E-state index contributed by atoms with van der Waals surface area (Å²) in [5.41, 5.74) is 11.8. The van der Waals surface area contributed by atoms with Gasteiger partial charge in [0.2, 0.25) is 5.91 Å². The fourth-order valence-corrected chi connectivity index (χ4v) is 6.54. The highest BCUT2D eigenvalue weighted by Crippen LogP contribution is 2.45. The molecule has 0 saturated carbocycles. The van der Waals surface area contributed by atoms with Crippen molar-refractivity contribution in [3.05, 3.63) is 118 Å². The first-order valence-electron chi connectivity index (χ1n) is 12.7. The normalized spacial score (nSPS) is 18.1. The van der Waals surface area contributed by atoms with Crippen molar-refractivity contribution in [1.29, 1.82) is 0 Å². The highest BCUT2D eigenvalue weighted by atomic mass is 35.5. The third-order valence-corrected chi connectivity index (χ3v) is 8.86. The molecule has 2 heterocycles. The molecule has 39 heavy (non-hydrogen) atoms. The molecule has 3 unspecified atom stereocenters. The van der Waals surface area contributed by atoms with E-state index >= 15 is 0 Å². The maximum Gasteiger partial charge on any atom is 0.328 e. The predicted molar refractivity (Wildman–Crippen MR) is 152 cm³/mol. The van der Waals surface area contributed by atoms with E-state index in [9.17, 15) is 14.3 Å². The van der Waals surface area contributed by atoms with E-state index in [-0.39, 0.29) is 31.0 Å². The molecule has 5 rings (SSSR count). The first-order chi connectivity index (χ1) is 18.7. The van der Waals surface area contributed by atoms with E-state index in [2.05, 4.69) is 15.3 Å². The van der Waals surface area contributed by atoms with Crippen LogP contribution in [0.4, 0.5) is 5.69 Å². The quantitative estimate of drug-likeness (QED) is 0.197. The Hall–Kier alpha value is -3.26. The summed E-state index contributed by atoms with van der Waals surface area (Å²) in [6.07, 6.45) is 3.84. The van der Waals surface area contributed by atoms with Crippen LogP contribution in [0.5, 0.6) is 0 Å². The number of hydrogen-bond acceptors (Lipinski definition) is 5. The monoisotopic (exact) mass is 564 g/mol. The molecule has 0 radical (unpaired) electrons. The number of carbonyl (C=O) groups excluding carboxylic acids is 1. The van der Waals surface area contributed by atoms with Crippen molar-refractivity contribution in [3.63, 3.8) is 0 Å². The first-order valence-corrected chi connectivity index (χ1v) is 14.9. The minimum Gasteiger partial charge on any atom is -0.346 e. The lowest BCUT2D eigenvalue weighted by atomic mass is 9.76. The van der Waals surface area contributed by atoms with Crippen LogP contribution in [-0.2, 0) is 25.8 Å². The molecule has 8 nitrogen and oxygen atoms in total. The van der Waals surface area contributed by atoms with E-state index in [0.717, 1.165) is 27.8 Å². The minimum atomic E-state index is -3.71. The van der Waals surface area contributed by atoms with Gasteiger partial charge in [0.25, 0.3) is 0 Å². The van der Waals surface area contributed by atoms with Crippen molar-refractivity contribution in [1.82, 2.24) is 9.97 Å². The summed E-state index contributed by atoms with van der Waals surface area (Å²) in [7, 11) is -3.71. The summed E-state index contributed by atoms with van der Waals surface area (Å²) in [6, 6.07) is 20.9. The molecule has 1 aromatic heterocycles. The number of aromatic amines is 1. The topological polar surface area (TPSA) is 130 Å². The number of hydrogen-bond donors (Lipinski definition) is 4. The van der Waals surface area contributed by atoms with E-state index in [1.165, 1.54) is 0 Å². The molecule has 3 aromatic carbocycles. The van der Waals surface area contributed by atoms with Crippen LogP contribution in [0.1, 0.15) is 52.8 Å². The summed E-state index contributed by atoms with van der Waals surface area (Å²) in [5, 5.41) is 3.55. The van der Waals surface area contributed by atoms with Gasteiger partial charge < -0.3 is 25.5 Å². The lowest BCUT2D eigenvalue weighted by molar-refractivity contribution is -0.116. The van der Waals surface area contributed by atoms with Crippen LogP contribution in [0.15, 0.2) is 79.3 Å². The number of aromatic nitrogens is 2. The van der Waals surface area contributed by atoms with Gasteiger partial charge in [-0.15, -0.1) is 0 Å². The van der Waals surface area contributed by atoms with Gasteiger partial charge in [-0.05, 0) is 59.4 Å². The second kappa shape index (κ2) is 11.1. The van der Waals surface area contributed by atoms with Crippen LogP contribution < -0.4 is 11.1 Å². The van der Waals surface area contributed by atoms with Crippen LogP contribution in [0, 0.1) is 0 Å². The highest BCUT2D eigenvalue weighted by Gasteiger charge is 2.36. The molecule has 5 N–H and O–H groups in total. The van der Waals surface area contributed by atoms with Crippen LogP contribution in [0.25, 0.3) is 0 Å². The summed E-state index contributed by atoms with van der Waals surface area (Å²) in [6.45, 7) is 1.86. The van der Waals surface area contributed by atoms with Gasteiger partial charge in [0, 0.05) is 23.0 Å². The smallest absolute Gasteiger partial charge is 0.328 e. The number of benzene rings is 3. The average molecular weight is 565 g/mol. The number of nitrogens with two attached hydrogens (primary N) is 1. The number of imidazole rings is 1. The number of fused-ring (bicyclic) bond motifs is 1. The van der Waals surface area contributed by atoms with Gasteiger partial charge in [-0.25, -0.2) is 4.98 Å². The van der Waals surface area contributed by atoms with Gasteiger partial charge >= 0.3 is 7.60 Å². The number of halogens is 1. The molecule has 0 saturated heterocycles. The third-order valence-electron chi connectivity index (χ3n) is 7.17. The van der Waals surface area contributed by atoms with E-state index in [0.29, 0.717) is 22.8 Å². The number of carbonyl (C=O) groups is 1. The maximum atomic E-state index is 12.8. The molecule has 0 aliphatic carbocycles. The highest BCUT2D eigenvalue weighted by molar-refractivity contribution is 7.52. The van der Waals surface area contributed by atoms with Gasteiger partial charge in [0.15, 0.2) is 0 Å². The average Bonchev–Trinajstić information content (AvgIpc) is 3.47. The van der Waals surface area contributed by atoms with Crippen molar-refractivity contribution in [2.45, 2.75) is 31.2 Å². The van der Waals surface area contributed by atoms with Crippen LogP contribution >= 0.6 is 19.2 Å². The summed E-state index contributed by atoms with van der Waals surface area (Å²) in [4.78, 5) is 30.3. The van der Waals surface area contributed by atoms with Crippen LogP contribution in [0.2, 0.25) is 5.02 Å². The number of nitrogens with zero attached hydrogens (tertiary/aromatic N) is 1. The van der Waals surface area contributed by atoms with Gasteiger partial charge in [0.05, 0.1) is 31.0 Å². The van der Waals surface area contributed by atoms with Crippen molar-refractivity contribution >= 4 is 30.8 Å². The molecule has 0 spiro atoms. The van der Waals surface area contributed by atoms with E-state index < -0.39 is 13.1 Å². The molecule has 1 aliphatic rings. The van der Waals surface area contributed by atoms with Crippen LogP contribution in [-0.4, -0.2) is 33.5 Å². The minimum absolute atomic E-state index is 0.00975. The predicted octanol–water partition coefficient (Wildman–Crippen LogP) is 5.55. The van der Waals surface area contributed by atoms with E-state index in [1.54, 1.807) is 25.5 Å². The third kappa shape index (κ3) is 5.57. The number of rotatable bonds is 9. The fourth-order valence-electron chi connectivity index (χ4n) is 5.30. The molecule has 202 valence electrons. The van der Waals surface area contributed by atoms with E-state index in [4.69, 9.17) is 21.9 Å². The molecular formula is C29H30ClN4O4P. The van der Waals surface area contributed by atoms with Crippen molar-refractivity contribution < 1.29 is 18.8 Å². The zero-order valence-corrected chi connectivity index (χ0v) is 23.1. The Balaban J connectivity index is 1.61. The summed E-state index contributed by atoms with van der Waals surface area (Å²) < 4.78 is 17.5. The number of amides is 1. The second-order valence-electron chi connectivity index (χ2n) is 9.62. The number of anilines is 1. The molecule has 10 heteroatoms. The standard InChI is InChI=1S/C29H30ClN4O4P/c1-2-38-39(36,37)13-12-19-6-3-4-9-23(19)24-16-28(35)34-26-11-10-21(15-25(24)26)29(31,27-17-32-18-33-27)20-7-5-8-22(30)14-20/h3-11,14-15,17-18,24H,2,12-13,16,31H2,1H3,(H,32,33)(H,34,35)(H,36,37). The molecule has 4 aromatic rings. The lowest BCUT2D eigenvalue weighted by Gasteiger charge is -2.33. The Labute approximate surface area is 232 Å². The fraction of sp³-hybridized carbons (Fsp3) is 0.241. The Morgan fingerprint density at radius 1 is 1.13 bits per heavy atom. The second-order valence-corrected chi connectivity index (χ2v) is 12.0. The number of aryl methyl sites for hydroxylation is 1. The Morgan fingerprint density at radius 2 is 1.92 bits per heavy atom. The van der Waals surface area contributed by atoms with Gasteiger partial charge in [-0.3, -0.25) is 9.36 Å². The van der Waals surface area contributed by atoms with Gasteiger partial charge in [-0.2, -0.15) is 0 Å².